The van der Waals surface area contributed by atoms with Gasteiger partial charge >= 0.3 is 12.1 Å². The van der Waals surface area contributed by atoms with Crippen LogP contribution in [0.4, 0.5) is 10.5 Å². The first kappa shape index (κ1) is 19.8. The van der Waals surface area contributed by atoms with Gasteiger partial charge in [0, 0.05) is 31.9 Å². The number of benzene rings is 1. The van der Waals surface area contributed by atoms with Crippen LogP contribution < -0.4 is 4.90 Å². The average molecular weight is 360 g/mol. The van der Waals surface area contributed by atoms with E-state index in [4.69, 9.17) is 9.47 Å². The van der Waals surface area contributed by atoms with E-state index in [-0.39, 0.29) is 25.1 Å². The molecule has 1 aliphatic heterocycles. The number of amides is 1. The molecular formula is C20H28N2O4. The second-order valence-corrected chi connectivity index (χ2v) is 7.27. The minimum atomic E-state index is -0.475. The SMILES string of the molecule is C=CCOC(=O)Cc1ccc(N2CCN(C(=O)OC(C)(C)C)CC2)cc1. The fraction of sp³-hybridized carbons (Fsp3) is 0.500. The van der Waals surface area contributed by atoms with Crippen molar-refractivity contribution in [3.05, 3.63) is 42.5 Å². The van der Waals surface area contributed by atoms with Gasteiger partial charge < -0.3 is 19.3 Å². The zero-order valence-electron chi connectivity index (χ0n) is 15.9. The Labute approximate surface area is 155 Å². The quantitative estimate of drug-likeness (QED) is 0.597. The Morgan fingerprint density at radius 2 is 1.73 bits per heavy atom. The van der Waals surface area contributed by atoms with E-state index in [1.165, 1.54) is 0 Å². The summed E-state index contributed by atoms with van der Waals surface area (Å²) in [6.45, 7) is 12.1. The van der Waals surface area contributed by atoms with Crippen LogP contribution in [0.5, 0.6) is 0 Å². The van der Waals surface area contributed by atoms with Crippen LogP contribution >= 0.6 is 0 Å². The summed E-state index contributed by atoms with van der Waals surface area (Å²) in [7, 11) is 0. The summed E-state index contributed by atoms with van der Waals surface area (Å²) < 4.78 is 10.4. The van der Waals surface area contributed by atoms with E-state index in [9.17, 15) is 9.59 Å². The van der Waals surface area contributed by atoms with Crippen LogP contribution in [0.25, 0.3) is 0 Å². The summed E-state index contributed by atoms with van der Waals surface area (Å²) in [4.78, 5) is 27.7. The van der Waals surface area contributed by atoms with Gasteiger partial charge in [0.05, 0.1) is 6.42 Å². The van der Waals surface area contributed by atoms with Crippen molar-refractivity contribution in [2.75, 3.05) is 37.7 Å². The van der Waals surface area contributed by atoms with Gasteiger partial charge in [-0.15, -0.1) is 0 Å². The molecule has 26 heavy (non-hydrogen) atoms. The molecule has 1 aromatic rings. The second kappa shape index (κ2) is 8.74. The molecule has 1 fully saturated rings. The number of rotatable bonds is 5. The van der Waals surface area contributed by atoms with E-state index < -0.39 is 5.60 Å². The lowest BCUT2D eigenvalue weighted by molar-refractivity contribution is -0.141. The Morgan fingerprint density at radius 3 is 2.27 bits per heavy atom. The third-order valence-electron chi connectivity index (χ3n) is 3.94. The van der Waals surface area contributed by atoms with Crippen molar-refractivity contribution in [1.29, 1.82) is 0 Å². The van der Waals surface area contributed by atoms with Crippen LogP contribution in [-0.4, -0.2) is 55.3 Å². The highest BCUT2D eigenvalue weighted by molar-refractivity contribution is 5.73. The number of anilines is 1. The maximum absolute atomic E-state index is 12.1. The van der Waals surface area contributed by atoms with E-state index >= 15 is 0 Å². The molecule has 0 spiro atoms. The van der Waals surface area contributed by atoms with Crippen LogP contribution in [-0.2, 0) is 20.7 Å². The predicted octanol–water partition coefficient (Wildman–Crippen LogP) is 3.02. The molecule has 0 saturated carbocycles. The summed E-state index contributed by atoms with van der Waals surface area (Å²) in [5.41, 5.74) is 1.52. The fourth-order valence-corrected chi connectivity index (χ4v) is 2.67. The molecule has 0 aromatic heterocycles. The minimum absolute atomic E-state index is 0.235. The van der Waals surface area contributed by atoms with Crippen LogP contribution in [0, 0.1) is 0 Å². The molecule has 0 aliphatic carbocycles. The van der Waals surface area contributed by atoms with Crippen LogP contribution in [0.2, 0.25) is 0 Å². The number of ether oxygens (including phenoxy) is 2. The highest BCUT2D eigenvalue weighted by Gasteiger charge is 2.25. The highest BCUT2D eigenvalue weighted by atomic mass is 16.6. The summed E-state index contributed by atoms with van der Waals surface area (Å²) in [6, 6.07) is 7.87. The average Bonchev–Trinajstić information content (AvgIpc) is 2.59. The van der Waals surface area contributed by atoms with Crippen LogP contribution in [0.15, 0.2) is 36.9 Å². The van der Waals surface area contributed by atoms with Crippen molar-refractivity contribution < 1.29 is 19.1 Å². The number of carbonyl (C=O) groups excluding carboxylic acids is 2. The van der Waals surface area contributed by atoms with Crippen molar-refractivity contribution >= 4 is 17.7 Å². The van der Waals surface area contributed by atoms with Gasteiger partial charge in [-0.25, -0.2) is 4.79 Å². The summed E-state index contributed by atoms with van der Waals surface area (Å²) >= 11 is 0. The Balaban J connectivity index is 1.84. The Hall–Kier alpha value is -2.50. The second-order valence-electron chi connectivity index (χ2n) is 7.27. The van der Waals surface area contributed by atoms with Crippen molar-refractivity contribution in [2.45, 2.75) is 32.8 Å². The molecule has 0 bridgehead atoms. The Morgan fingerprint density at radius 1 is 1.12 bits per heavy atom. The van der Waals surface area contributed by atoms with E-state index in [1.54, 1.807) is 11.0 Å². The summed E-state index contributed by atoms with van der Waals surface area (Å²) in [5, 5.41) is 0. The zero-order valence-corrected chi connectivity index (χ0v) is 15.9. The van der Waals surface area contributed by atoms with Gasteiger partial charge in [0.1, 0.15) is 12.2 Å². The molecule has 6 heteroatoms. The molecule has 1 heterocycles. The molecule has 2 rings (SSSR count). The van der Waals surface area contributed by atoms with Crippen molar-refractivity contribution in [3.63, 3.8) is 0 Å². The van der Waals surface area contributed by atoms with E-state index in [0.29, 0.717) is 13.1 Å². The van der Waals surface area contributed by atoms with Gasteiger partial charge in [0.25, 0.3) is 0 Å². The Bertz CT molecular complexity index is 626. The maximum atomic E-state index is 12.1. The van der Waals surface area contributed by atoms with Gasteiger partial charge in [-0.1, -0.05) is 24.8 Å². The van der Waals surface area contributed by atoms with Gasteiger partial charge in [-0.3, -0.25) is 4.79 Å². The molecular weight excluding hydrogens is 332 g/mol. The lowest BCUT2D eigenvalue weighted by Crippen LogP contribution is -2.50. The molecule has 0 atom stereocenters. The normalized spacial score (nSPS) is 14.7. The lowest BCUT2D eigenvalue weighted by Gasteiger charge is -2.36. The van der Waals surface area contributed by atoms with E-state index in [0.717, 1.165) is 24.3 Å². The monoisotopic (exact) mass is 360 g/mol. The number of carbonyl (C=O) groups is 2. The minimum Gasteiger partial charge on any atom is -0.461 e. The van der Waals surface area contributed by atoms with Crippen LogP contribution in [0.1, 0.15) is 26.3 Å². The molecule has 0 radical (unpaired) electrons. The molecule has 0 unspecified atom stereocenters. The summed E-state index contributed by atoms with van der Waals surface area (Å²) in [5.74, 6) is -0.261. The summed E-state index contributed by atoms with van der Waals surface area (Å²) in [6.07, 6.45) is 1.55. The van der Waals surface area contributed by atoms with Gasteiger partial charge in [-0.2, -0.15) is 0 Å². The number of piperazine rings is 1. The first-order valence-corrected chi connectivity index (χ1v) is 8.87. The van der Waals surface area contributed by atoms with Crippen molar-refractivity contribution in [3.8, 4) is 0 Å². The van der Waals surface area contributed by atoms with Crippen molar-refractivity contribution in [2.24, 2.45) is 0 Å². The topological polar surface area (TPSA) is 59.1 Å². The maximum Gasteiger partial charge on any atom is 0.410 e. The van der Waals surface area contributed by atoms with E-state index in [1.807, 2.05) is 45.0 Å². The predicted molar refractivity (Wildman–Crippen MR) is 101 cm³/mol. The third-order valence-corrected chi connectivity index (χ3v) is 3.94. The van der Waals surface area contributed by atoms with Gasteiger partial charge in [0.15, 0.2) is 0 Å². The highest BCUT2D eigenvalue weighted by Crippen LogP contribution is 2.19. The van der Waals surface area contributed by atoms with Crippen molar-refractivity contribution in [1.82, 2.24) is 4.90 Å². The fourth-order valence-electron chi connectivity index (χ4n) is 2.67. The molecule has 1 saturated heterocycles. The molecule has 1 amide bonds. The number of hydrogen-bond acceptors (Lipinski definition) is 5. The number of nitrogens with zero attached hydrogens (tertiary/aromatic N) is 2. The van der Waals surface area contributed by atoms with E-state index in [2.05, 4.69) is 11.5 Å². The smallest absolute Gasteiger partial charge is 0.410 e. The zero-order chi connectivity index (χ0) is 19.2. The largest absolute Gasteiger partial charge is 0.461 e. The lowest BCUT2D eigenvalue weighted by atomic mass is 10.1. The number of esters is 1. The number of hydrogen-bond donors (Lipinski definition) is 0. The molecule has 1 aromatic carbocycles. The molecule has 1 aliphatic rings. The standard InChI is InChI=1S/C20H28N2O4/c1-5-14-25-18(23)15-16-6-8-17(9-7-16)21-10-12-22(13-11-21)19(24)26-20(2,3)4/h5-9H,1,10-15H2,2-4H3. The third kappa shape index (κ3) is 6.10. The molecule has 142 valence electrons. The van der Waals surface area contributed by atoms with Crippen LogP contribution in [0.3, 0.4) is 0 Å². The molecule has 6 nitrogen and oxygen atoms in total. The van der Waals surface area contributed by atoms with Gasteiger partial charge in [-0.05, 0) is 38.5 Å². The van der Waals surface area contributed by atoms with Gasteiger partial charge in [0.2, 0.25) is 0 Å². The Kier molecular flexibility index (Phi) is 6.66. The first-order valence-electron chi connectivity index (χ1n) is 8.87. The first-order chi connectivity index (χ1) is 12.3. The molecule has 0 N–H and O–H groups in total.